The second kappa shape index (κ2) is 5.43. The van der Waals surface area contributed by atoms with Gasteiger partial charge in [-0.2, -0.15) is 4.39 Å². The number of nitrogens with zero attached hydrogens (tertiary/aromatic N) is 2. The molecular weight excluding hydrogens is 257 g/mol. The fraction of sp³-hybridized carbons (Fsp3) is 0.333. The number of methoxy groups -OCH3 is 1. The predicted molar refractivity (Wildman–Crippen MR) is 51.5 cm³/mol. The van der Waals surface area contributed by atoms with Crippen LogP contribution in [-0.2, 0) is 16.0 Å². The van der Waals surface area contributed by atoms with Crippen LogP contribution in [0.1, 0.15) is 17.6 Å². The van der Waals surface area contributed by atoms with Gasteiger partial charge in [-0.15, -0.1) is 0 Å². The Morgan fingerprint density at radius 2 is 2.22 bits per heavy atom. The van der Waals surface area contributed by atoms with Gasteiger partial charge in [0, 0.05) is 5.56 Å². The molecule has 6 nitrogen and oxygen atoms in total. The molecule has 0 aromatic carbocycles. The number of esters is 1. The highest BCUT2D eigenvalue weighted by molar-refractivity contribution is 5.73. The third kappa shape index (κ3) is 2.73. The van der Waals surface area contributed by atoms with Gasteiger partial charge in [-0.25, -0.2) is 13.8 Å². The van der Waals surface area contributed by atoms with Gasteiger partial charge in [0.15, 0.2) is 0 Å². The van der Waals surface area contributed by atoms with Crippen LogP contribution in [0.3, 0.4) is 0 Å². The second-order valence-corrected chi connectivity index (χ2v) is 3.14. The van der Waals surface area contributed by atoms with Crippen LogP contribution in [0.15, 0.2) is 6.20 Å². The molecule has 1 aromatic heterocycles. The summed E-state index contributed by atoms with van der Waals surface area (Å²) in [5.41, 5.74) is -3.02. The minimum Gasteiger partial charge on any atom is -0.469 e. The first-order chi connectivity index (χ1) is 8.38. The molecule has 0 bridgehead atoms. The molecule has 1 heterocycles. The van der Waals surface area contributed by atoms with Crippen LogP contribution in [0.4, 0.5) is 18.9 Å². The highest BCUT2D eigenvalue weighted by Gasteiger charge is 2.30. The number of carbonyl (C=O) groups excluding carboxylic acids is 1. The van der Waals surface area contributed by atoms with Crippen LogP contribution in [0.5, 0.6) is 0 Å². The van der Waals surface area contributed by atoms with Gasteiger partial charge >= 0.3 is 5.97 Å². The number of hydrogen-bond acceptors (Lipinski definition) is 5. The maximum absolute atomic E-state index is 13.3. The van der Waals surface area contributed by atoms with Gasteiger partial charge in [0.1, 0.15) is 11.8 Å². The molecule has 0 unspecified atom stereocenters. The number of carbonyl (C=O) groups is 1. The van der Waals surface area contributed by atoms with E-state index in [2.05, 4.69) is 9.72 Å². The van der Waals surface area contributed by atoms with Gasteiger partial charge < -0.3 is 4.74 Å². The molecular formula is C9H7F3N2O4. The molecule has 0 atom stereocenters. The number of alkyl halides is 2. The van der Waals surface area contributed by atoms with E-state index in [-0.39, 0.29) is 0 Å². The van der Waals surface area contributed by atoms with Gasteiger partial charge in [0.2, 0.25) is 5.95 Å². The van der Waals surface area contributed by atoms with Crippen LogP contribution in [0.25, 0.3) is 0 Å². The van der Waals surface area contributed by atoms with Gasteiger partial charge in [-0.3, -0.25) is 14.9 Å². The standard InChI is InChI=1S/C9H7F3N2O4/c1-18-6(15)2-4-7(8(10)11)5(14(16)17)3-13-9(4)12/h3,8H,2H2,1H3. The SMILES string of the molecule is COC(=O)Cc1c(F)ncc([N+](=O)[O-])c1C(F)F. The number of aromatic nitrogens is 1. The zero-order valence-electron chi connectivity index (χ0n) is 9.02. The summed E-state index contributed by atoms with van der Waals surface area (Å²) in [5.74, 6) is -2.36. The average Bonchev–Trinajstić information content (AvgIpc) is 2.30. The van der Waals surface area contributed by atoms with Gasteiger partial charge in [0.25, 0.3) is 12.1 Å². The lowest BCUT2D eigenvalue weighted by atomic mass is 10.1. The van der Waals surface area contributed by atoms with Crippen molar-refractivity contribution in [3.8, 4) is 0 Å². The summed E-state index contributed by atoms with van der Waals surface area (Å²) in [6.45, 7) is 0. The van der Waals surface area contributed by atoms with Crippen molar-refractivity contribution in [2.24, 2.45) is 0 Å². The molecule has 0 aliphatic rings. The molecule has 0 saturated heterocycles. The van der Waals surface area contributed by atoms with E-state index >= 15 is 0 Å². The van der Waals surface area contributed by atoms with Crippen molar-refractivity contribution >= 4 is 11.7 Å². The van der Waals surface area contributed by atoms with Crippen LogP contribution >= 0.6 is 0 Å². The van der Waals surface area contributed by atoms with E-state index in [0.29, 0.717) is 6.20 Å². The molecule has 0 spiro atoms. The molecule has 0 saturated carbocycles. The molecule has 98 valence electrons. The van der Waals surface area contributed by atoms with Gasteiger partial charge in [0.05, 0.1) is 18.5 Å². The average molecular weight is 264 g/mol. The van der Waals surface area contributed by atoms with E-state index in [1.165, 1.54) is 0 Å². The van der Waals surface area contributed by atoms with E-state index in [9.17, 15) is 28.1 Å². The minimum absolute atomic E-state index is 0.387. The lowest BCUT2D eigenvalue weighted by molar-refractivity contribution is -0.386. The number of hydrogen-bond donors (Lipinski definition) is 0. The van der Waals surface area contributed by atoms with E-state index in [0.717, 1.165) is 7.11 Å². The number of ether oxygens (including phenoxy) is 1. The maximum atomic E-state index is 13.3. The van der Waals surface area contributed by atoms with Gasteiger partial charge in [-0.05, 0) is 0 Å². The lowest BCUT2D eigenvalue weighted by Crippen LogP contribution is -2.12. The molecule has 0 amide bonds. The minimum atomic E-state index is -3.30. The first kappa shape index (κ1) is 13.9. The summed E-state index contributed by atoms with van der Waals surface area (Å²) < 4.78 is 42.9. The molecule has 0 fully saturated rings. The van der Waals surface area contributed by atoms with Crippen LogP contribution in [0, 0.1) is 16.1 Å². The first-order valence-electron chi connectivity index (χ1n) is 4.55. The smallest absolute Gasteiger partial charge is 0.310 e. The number of halogens is 3. The molecule has 0 radical (unpaired) electrons. The van der Waals surface area contributed by atoms with Gasteiger partial charge in [-0.1, -0.05) is 0 Å². The van der Waals surface area contributed by atoms with Crippen molar-refractivity contribution < 1.29 is 27.6 Å². The second-order valence-electron chi connectivity index (χ2n) is 3.14. The first-order valence-corrected chi connectivity index (χ1v) is 4.55. The van der Waals surface area contributed by atoms with E-state index < -0.39 is 46.5 Å². The molecule has 9 heteroatoms. The lowest BCUT2D eigenvalue weighted by Gasteiger charge is -2.08. The Morgan fingerprint density at radius 3 is 2.67 bits per heavy atom. The highest BCUT2D eigenvalue weighted by atomic mass is 19.3. The monoisotopic (exact) mass is 264 g/mol. The van der Waals surface area contributed by atoms with E-state index in [1.54, 1.807) is 0 Å². The Labute approximate surface area is 98.5 Å². The Hall–Kier alpha value is -2.19. The number of pyridine rings is 1. The Bertz CT molecular complexity index is 493. The topological polar surface area (TPSA) is 82.3 Å². The molecule has 1 aromatic rings. The largest absolute Gasteiger partial charge is 0.469 e. The Kier molecular flexibility index (Phi) is 4.18. The maximum Gasteiger partial charge on any atom is 0.310 e. The van der Waals surface area contributed by atoms with E-state index in [4.69, 9.17) is 0 Å². The van der Waals surface area contributed by atoms with Crippen molar-refractivity contribution in [3.63, 3.8) is 0 Å². The summed E-state index contributed by atoms with van der Waals surface area (Å²) in [7, 11) is 0.979. The molecule has 1 rings (SSSR count). The van der Waals surface area contributed by atoms with Crippen molar-refractivity contribution in [3.05, 3.63) is 33.4 Å². The molecule has 0 aliphatic heterocycles. The van der Waals surface area contributed by atoms with Crippen molar-refractivity contribution in [2.75, 3.05) is 7.11 Å². The quantitative estimate of drug-likeness (QED) is 0.358. The van der Waals surface area contributed by atoms with Crippen molar-refractivity contribution in [1.82, 2.24) is 4.98 Å². The fourth-order valence-corrected chi connectivity index (χ4v) is 1.30. The van der Waals surface area contributed by atoms with Crippen LogP contribution < -0.4 is 0 Å². The zero-order valence-corrected chi connectivity index (χ0v) is 9.02. The summed E-state index contributed by atoms with van der Waals surface area (Å²) in [5, 5.41) is 10.5. The summed E-state index contributed by atoms with van der Waals surface area (Å²) in [4.78, 5) is 23.4. The predicted octanol–water partition coefficient (Wildman–Crippen LogP) is 1.78. The number of nitro groups is 1. The summed E-state index contributed by atoms with van der Waals surface area (Å²) >= 11 is 0. The Balaban J connectivity index is 3.41. The Morgan fingerprint density at radius 1 is 1.61 bits per heavy atom. The van der Waals surface area contributed by atoms with Crippen LogP contribution in [0.2, 0.25) is 0 Å². The van der Waals surface area contributed by atoms with Crippen LogP contribution in [-0.4, -0.2) is 23.0 Å². The number of rotatable bonds is 4. The van der Waals surface area contributed by atoms with E-state index in [1.807, 2.05) is 0 Å². The van der Waals surface area contributed by atoms with Crippen molar-refractivity contribution in [2.45, 2.75) is 12.8 Å². The molecule has 18 heavy (non-hydrogen) atoms. The van der Waals surface area contributed by atoms with Crippen molar-refractivity contribution in [1.29, 1.82) is 0 Å². The summed E-state index contributed by atoms with van der Waals surface area (Å²) in [6, 6.07) is 0. The molecule has 0 aliphatic carbocycles. The third-order valence-electron chi connectivity index (χ3n) is 2.11. The fourth-order valence-electron chi connectivity index (χ4n) is 1.30. The zero-order chi connectivity index (χ0) is 13.9. The molecule has 0 N–H and O–H groups in total. The summed E-state index contributed by atoms with van der Waals surface area (Å²) in [6.07, 6.45) is -3.77. The normalized spacial score (nSPS) is 10.5. The highest BCUT2D eigenvalue weighted by Crippen LogP contribution is 2.32. The third-order valence-corrected chi connectivity index (χ3v) is 2.11.